The van der Waals surface area contributed by atoms with Gasteiger partial charge in [0, 0.05) is 0 Å². The lowest BCUT2D eigenvalue weighted by Gasteiger charge is -2.10. The highest BCUT2D eigenvalue weighted by Crippen LogP contribution is 2.21. The van der Waals surface area contributed by atoms with Crippen LogP contribution in [-0.4, -0.2) is 37.0 Å². The van der Waals surface area contributed by atoms with Gasteiger partial charge in [-0.3, -0.25) is 0 Å². The number of pyridine rings is 1. The van der Waals surface area contributed by atoms with E-state index >= 15 is 0 Å². The van der Waals surface area contributed by atoms with Crippen LogP contribution in [-0.2, 0) is 4.74 Å². The fourth-order valence-electron chi connectivity index (χ4n) is 1.05. The van der Waals surface area contributed by atoms with Crippen molar-refractivity contribution in [1.82, 2.24) is 4.98 Å². The monoisotopic (exact) mass is 345 g/mol. The van der Waals surface area contributed by atoms with Crippen molar-refractivity contribution < 1.29 is 31.8 Å². The summed E-state index contributed by atoms with van der Waals surface area (Å²) in [5.41, 5.74) is -0.448. The van der Waals surface area contributed by atoms with Gasteiger partial charge in [0.15, 0.2) is 18.1 Å². The predicted molar refractivity (Wildman–Crippen MR) is 59.7 cm³/mol. The van der Waals surface area contributed by atoms with Crippen molar-refractivity contribution in [2.24, 2.45) is 0 Å². The SMILES string of the molecule is O=C(OCC(F)F)c1nc(Br)ccc1OCC(F)F. The number of ether oxygens (including phenoxy) is 2. The number of aromatic nitrogens is 1. The number of halogens is 5. The molecule has 0 aliphatic carbocycles. The molecule has 0 N–H and O–H groups in total. The van der Waals surface area contributed by atoms with Crippen LogP contribution in [0, 0.1) is 0 Å². The molecule has 1 aromatic rings. The maximum absolute atomic E-state index is 12.0. The quantitative estimate of drug-likeness (QED) is 0.452. The molecular weight excluding hydrogens is 338 g/mol. The molecule has 106 valence electrons. The Hall–Kier alpha value is -1.38. The average molecular weight is 346 g/mol. The lowest BCUT2D eigenvalue weighted by Crippen LogP contribution is -2.16. The van der Waals surface area contributed by atoms with Crippen LogP contribution in [0.15, 0.2) is 16.7 Å². The van der Waals surface area contributed by atoms with Crippen LogP contribution < -0.4 is 4.74 Å². The number of nitrogens with zero attached hydrogens (tertiary/aromatic N) is 1. The Labute approximate surface area is 113 Å². The Morgan fingerprint density at radius 2 is 1.84 bits per heavy atom. The van der Waals surface area contributed by atoms with Crippen molar-refractivity contribution in [2.45, 2.75) is 12.9 Å². The van der Waals surface area contributed by atoms with E-state index in [0.717, 1.165) is 0 Å². The summed E-state index contributed by atoms with van der Waals surface area (Å²) in [4.78, 5) is 15.1. The van der Waals surface area contributed by atoms with Gasteiger partial charge in [0.1, 0.15) is 11.2 Å². The van der Waals surface area contributed by atoms with E-state index in [4.69, 9.17) is 0 Å². The van der Waals surface area contributed by atoms with E-state index in [0.29, 0.717) is 0 Å². The molecule has 0 atom stereocenters. The molecule has 4 nitrogen and oxygen atoms in total. The van der Waals surface area contributed by atoms with Crippen LogP contribution in [0.2, 0.25) is 0 Å². The second-order valence-electron chi connectivity index (χ2n) is 3.17. The Kier molecular flexibility index (Phi) is 6.00. The summed E-state index contributed by atoms with van der Waals surface area (Å²) in [5, 5.41) is 0. The summed E-state index contributed by atoms with van der Waals surface area (Å²) in [7, 11) is 0. The maximum Gasteiger partial charge on any atom is 0.361 e. The first-order valence-corrected chi connectivity index (χ1v) is 5.72. The van der Waals surface area contributed by atoms with Gasteiger partial charge in [-0.25, -0.2) is 27.3 Å². The van der Waals surface area contributed by atoms with Crippen LogP contribution in [0.3, 0.4) is 0 Å². The van der Waals surface area contributed by atoms with E-state index in [2.05, 4.69) is 30.4 Å². The largest absolute Gasteiger partial charge is 0.485 e. The van der Waals surface area contributed by atoms with Crippen LogP contribution in [0.5, 0.6) is 5.75 Å². The van der Waals surface area contributed by atoms with Crippen LogP contribution in [0.1, 0.15) is 10.5 Å². The van der Waals surface area contributed by atoms with Gasteiger partial charge in [-0.1, -0.05) is 0 Å². The average Bonchev–Trinajstić information content (AvgIpc) is 2.34. The van der Waals surface area contributed by atoms with Gasteiger partial charge >= 0.3 is 5.97 Å². The highest BCUT2D eigenvalue weighted by molar-refractivity contribution is 9.10. The van der Waals surface area contributed by atoms with E-state index in [-0.39, 0.29) is 10.4 Å². The lowest BCUT2D eigenvalue weighted by atomic mass is 10.3. The molecule has 0 bridgehead atoms. The van der Waals surface area contributed by atoms with Gasteiger partial charge < -0.3 is 9.47 Å². The van der Waals surface area contributed by atoms with Crippen LogP contribution >= 0.6 is 15.9 Å². The summed E-state index contributed by atoms with van der Waals surface area (Å²) >= 11 is 2.95. The third-order valence-corrected chi connectivity index (χ3v) is 2.16. The number of rotatable bonds is 6. The molecule has 0 aliphatic rings. The van der Waals surface area contributed by atoms with Crippen molar-refractivity contribution >= 4 is 21.9 Å². The summed E-state index contributed by atoms with van der Waals surface area (Å²) in [5.74, 6) is -1.44. The van der Waals surface area contributed by atoms with Gasteiger partial charge in [-0.15, -0.1) is 0 Å². The topological polar surface area (TPSA) is 48.4 Å². The van der Waals surface area contributed by atoms with Crippen molar-refractivity contribution in [3.8, 4) is 5.75 Å². The van der Waals surface area contributed by atoms with E-state index < -0.39 is 37.7 Å². The van der Waals surface area contributed by atoms with Crippen molar-refractivity contribution in [3.63, 3.8) is 0 Å². The van der Waals surface area contributed by atoms with Crippen molar-refractivity contribution in [2.75, 3.05) is 13.2 Å². The Bertz CT molecular complexity index is 445. The van der Waals surface area contributed by atoms with E-state index in [9.17, 15) is 22.4 Å². The molecule has 0 fully saturated rings. The summed E-state index contributed by atoms with van der Waals surface area (Å²) < 4.78 is 57.0. The molecule has 0 spiro atoms. The smallest absolute Gasteiger partial charge is 0.361 e. The molecule has 9 heteroatoms. The summed E-state index contributed by atoms with van der Waals surface area (Å²) in [6.45, 7) is -2.06. The zero-order valence-corrected chi connectivity index (χ0v) is 10.9. The van der Waals surface area contributed by atoms with E-state index in [1.165, 1.54) is 12.1 Å². The standard InChI is InChI=1S/C10H8BrF4NO3/c11-6-2-1-5(18-3-7(12)13)9(16-6)10(17)19-4-8(14)15/h1-2,7-8H,3-4H2. The molecule has 0 saturated heterocycles. The van der Waals surface area contributed by atoms with Crippen LogP contribution in [0.4, 0.5) is 17.6 Å². The summed E-state index contributed by atoms with van der Waals surface area (Å²) in [6, 6.07) is 2.56. The zero-order valence-electron chi connectivity index (χ0n) is 9.29. The third-order valence-electron chi connectivity index (χ3n) is 1.72. The minimum atomic E-state index is -2.83. The van der Waals surface area contributed by atoms with E-state index in [1.807, 2.05) is 0 Å². The van der Waals surface area contributed by atoms with Gasteiger partial charge in [0.2, 0.25) is 0 Å². The third kappa shape index (κ3) is 5.41. The fourth-order valence-corrected chi connectivity index (χ4v) is 1.35. The molecule has 19 heavy (non-hydrogen) atoms. The summed E-state index contributed by atoms with van der Waals surface area (Å²) in [6.07, 6.45) is -5.57. The molecule has 0 amide bonds. The normalized spacial score (nSPS) is 10.9. The van der Waals surface area contributed by atoms with Crippen molar-refractivity contribution in [3.05, 3.63) is 22.4 Å². The highest BCUT2D eigenvalue weighted by atomic mass is 79.9. The first kappa shape index (κ1) is 15.7. The molecule has 1 aromatic heterocycles. The number of alkyl halides is 4. The Balaban J connectivity index is 2.83. The highest BCUT2D eigenvalue weighted by Gasteiger charge is 2.19. The molecule has 1 rings (SSSR count). The Morgan fingerprint density at radius 3 is 2.42 bits per heavy atom. The Morgan fingerprint density at radius 1 is 1.21 bits per heavy atom. The number of esters is 1. The number of carbonyl (C=O) groups is 1. The first-order valence-electron chi connectivity index (χ1n) is 4.93. The molecule has 0 unspecified atom stereocenters. The van der Waals surface area contributed by atoms with Crippen LogP contribution in [0.25, 0.3) is 0 Å². The minimum absolute atomic E-state index is 0.209. The lowest BCUT2D eigenvalue weighted by molar-refractivity contribution is 0.0147. The molecule has 0 radical (unpaired) electrons. The predicted octanol–water partition coefficient (Wildman–Crippen LogP) is 2.91. The van der Waals surface area contributed by atoms with E-state index in [1.54, 1.807) is 0 Å². The number of carbonyl (C=O) groups excluding carboxylic acids is 1. The number of hydrogen-bond acceptors (Lipinski definition) is 4. The molecular formula is C10H8BrF4NO3. The van der Waals surface area contributed by atoms with Gasteiger partial charge in [0.25, 0.3) is 12.9 Å². The van der Waals surface area contributed by atoms with Gasteiger partial charge in [0.05, 0.1) is 0 Å². The van der Waals surface area contributed by atoms with Crippen molar-refractivity contribution in [1.29, 1.82) is 0 Å². The molecule has 0 saturated carbocycles. The second-order valence-corrected chi connectivity index (χ2v) is 3.98. The fraction of sp³-hybridized carbons (Fsp3) is 0.400. The zero-order chi connectivity index (χ0) is 14.4. The number of hydrogen-bond donors (Lipinski definition) is 0. The minimum Gasteiger partial charge on any atom is -0.485 e. The molecule has 0 aliphatic heterocycles. The molecule has 1 heterocycles. The maximum atomic E-state index is 12.0. The second kappa shape index (κ2) is 7.27. The first-order chi connectivity index (χ1) is 8.90. The van der Waals surface area contributed by atoms with Gasteiger partial charge in [-0.2, -0.15) is 0 Å². The molecule has 0 aromatic carbocycles. The van der Waals surface area contributed by atoms with Gasteiger partial charge in [-0.05, 0) is 28.1 Å².